The molecule has 1 aliphatic rings. The number of likely N-dealkylation sites (tertiary alicyclic amines) is 1. The smallest absolute Gasteiger partial charge is 0.135 e. The first kappa shape index (κ1) is 16.0. The first-order valence-electron chi connectivity index (χ1n) is 8.28. The molecule has 2 rings (SSSR count). The van der Waals surface area contributed by atoms with E-state index in [4.69, 9.17) is 0 Å². The molecule has 5 nitrogen and oxygen atoms in total. The minimum absolute atomic E-state index is 0.339. The third-order valence-electron chi connectivity index (χ3n) is 3.80. The highest BCUT2D eigenvalue weighted by Gasteiger charge is 2.10. The minimum atomic E-state index is 0.339. The molecule has 0 radical (unpaired) electrons. The SMILES string of the molecule is CCNc1cc(NCCN2CCCCC2)nc(C(C)C)n1. The Bertz CT molecular complexity index is 427. The van der Waals surface area contributed by atoms with E-state index < -0.39 is 0 Å². The summed E-state index contributed by atoms with van der Waals surface area (Å²) in [6, 6.07) is 2.01. The fourth-order valence-corrected chi connectivity index (χ4v) is 2.61. The number of hydrogen-bond donors (Lipinski definition) is 2. The van der Waals surface area contributed by atoms with Crippen molar-refractivity contribution in [3.05, 3.63) is 11.9 Å². The summed E-state index contributed by atoms with van der Waals surface area (Å²) < 4.78 is 0. The highest BCUT2D eigenvalue weighted by atomic mass is 15.2. The third kappa shape index (κ3) is 5.16. The third-order valence-corrected chi connectivity index (χ3v) is 3.80. The van der Waals surface area contributed by atoms with Gasteiger partial charge in [-0.3, -0.25) is 0 Å². The van der Waals surface area contributed by atoms with Crippen LogP contribution in [0.25, 0.3) is 0 Å². The monoisotopic (exact) mass is 291 g/mol. The molecule has 21 heavy (non-hydrogen) atoms. The quantitative estimate of drug-likeness (QED) is 0.809. The molecule has 0 atom stereocenters. The molecular weight excluding hydrogens is 262 g/mol. The first-order chi connectivity index (χ1) is 10.2. The van der Waals surface area contributed by atoms with Crippen LogP contribution in [0.1, 0.15) is 51.8 Å². The maximum Gasteiger partial charge on any atom is 0.135 e. The average Bonchev–Trinajstić information content (AvgIpc) is 2.48. The van der Waals surface area contributed by atoms with Crippen LogP contribution in [0.2, 0.25) is 0 Å². The van der Waals surface area contributed by atoms with E-state index in [2.05, 4.69) is 46.3 Å². The lowest BCUT2D eigenvalue weighted by atomic mass is 10.1. The van der Waals surface area contributed by atoms with Gasteiger partial charge in [0.05, 0.1) is 0 Å². The number of nitrogens with one attached hydrogen (secondary N) is 2. The molecule has 5 heteroatoms. The fourth-order valence-electron chi connectivity index (χ4n) is 2.61. The Labute approximate surface area is 128 Å². The van der Waals surface area contributed by atoms with Gasteiger partial charge in [-0.05, 0) is 32.9 Å². The zero-order valence-corrected chi connectivity index (χ0v) is 13.7. The molecule has 1 aromatic heterocycles. The molecule has 0 saturated carbocycles. The van der Waals surface area contributed by atoms with Crippen LogP contribution >= 0.6 is 0 Å². The number of hydrogen-bond acceptors (Lipinski definition) is 5. The van der Waals surface area contributed by atoms with Gasteiger partial charge in [0.2, 0.25) is 0 Å². The van der Waals surface area contributed by atoms with Crippen LogP contribution in [0.4, 0.5) is 11.6 Å². The minimum Gasteiger partial charge on any atom is -0.370 e. The standard InChI is InChI=1S/C16H29N5/c1-4-17-14-12-15(20-16(19-14)13(2)3)18-8-11-21-9-6-5-7-10-21/h12-13H,4-11H2,1-3H3,(H2,17,18,19,20). The van der Waals surface area contributed by atoms with Crippen LogP contribution in [0.15, 0.2) is 6.07 Å². The second-order valence-electron chi connectivity index (χ2n) is 6.01. The molecule has 2 heterocycles. The number of anilines is 2. The van der Waals surface area contributed by atoms with Crippen molar-refractivity contribution >= 4 is 11.6 Å². The van der Waals surface area contributed by atoms with E-state index >= 15 is 0 Å². The fraction of sp³-hybridized carbons (Fsp3) is 0.750. The summed E-state index contributed by atoms with van der Waals surface area (Å²) in [4.78, 5) is 11.7. The summed E-state index contributed by atoms with van der Waals surface area (Å²) in [5, 5.41) is 6.73. The molecule has 0 aliphatic carbocycles. The van der Waals surface area contributed by atoms with E-state index in [-0.39, 0.29) is 0 Å². The predicted octanol–water partition coefficient (Wildman–Crippen LogP) is 2.93. The topological polar surface area (TPSA) is 53.1 Å². The lowest BCUT2D eigenvalue weighted by molar-refractivity contribution is 0.237. The molecule has 2 N–H and O–H groups in total. The Hall–Kier alpha value is -1.36. The van der Waals surface area contributed by atoms with Gasteiger partial charge in [-0.25, -0.2) is 9.97 Å². The normalized spacial score (nSPS) is 16.2. The largest absolute Gasteiger partial charge is 0.370 e. The molecule has 118 valence electrons. The van der Waals surface area contributed by atoms with Crippen LogP contribution in [0, 0.1) is 0 Å². The number of rotatable bonds is 7. The van der Waals surface area contributed by atoms with E-state index in [9.17, 15) is 0 Å². The molecule has 0 bridgehead atoms. The lowest BCUT2D eigenvalue weighted by Gasteiger charge is -2.26. The zero-order valence-electron chi connectivity index (χ0n) is 13.7. The molecule has 1 aromatic rings. The van der Waals surface area contributed by atoms with Crippen LogP contribution < -0.4 is 10.6 Å². The van der Waals surface area contributed by atoms with Gasteiger partial charge in [-0.2, -0.15) is 0 Å². The molecular formula is C16H29N5. The van der Waals surface area contributed by atoms with Crippen molar-refractivity contribution in [2.75, 3.05) is 43.4 Å². The Morgan fingerprint density at radius 1 is 1.10 bits per heavy atom. The number of piperidine rings is 1. The predicted molar refractivity (Wildman–Crippen MR) is 89.1 cm³/mol. The van der Waals surface area contributed by atoms with Crippen molar-refractivity contribution in [2.24, 2.45) is 0 Å². The number of aromatic nitrogens is 2. The van der Waals surface area contributed by atoms with Gasteiger partial charge in [-0.1, -0.05) is 20.3 Å². The van der Waals surface area contributed by atoms with Gasteiger partial charge in [0.15, 0.2) is 0 Å². The molecule has 0 aromatic carbocycles. The molecule has 0 unspecified atom stereocenters. The van der Waals surface area contributed by atoms with Gasteiger partial charge >= 0.3 is 0 Å². The summed E-state index contributed by atoms with van der Waals surface area (Å²) in [5.74, 6) is 3.08. The van der Waals surface area contributed by atoms with Crippen molar-refractivity contribution in [2.45, 2.75) is 46.0 Å². The average molecular weight is 291 g/mol. The summed E-state index contributed by atoms with van der Waals surface area (Å²) in [6.07, 6.45) is 4.07. The van der Waals surface area contributed by atoms with E-state index in [0.717, 1.165) is 37.1 Å². The number of nitrogens with zero attached hydrogens (tertiary/aromatic N) is 3. The Balaban J connectivity index is 1.91. The van der Waals surface area contributed by atoms with Crippen molar-refractivity contribution in [1.29, 1.82) is 0 Å². The first-order valence-corrected chi connectivity index (χ1v) is 8.28. The second kappa shape index (κ2) is 8.17. The van der Waals surface area contributed by atoms with E-state index in [1.807, 2.05) is 6.07 Å². The molecule has 1 fully saturated rings. The maximum absolute atomic E-state index is 4.62. The molecule has 1 saturated heterocycles. The van der Waals surface area contributed by atoms with Gasteiger partial charge in [0, 0.05) is 31.6 Å². The molecule has 0 spiro atoms. The summed E-state index contributed by atoms with van der Waals surface area (Å²) >= 11 is 0. The van der Waals surface area contributed by atoms with Crippen molar-refractivity contribution in [1.82, 2.24) is 14.9 Å². The van der Waals surface area contributed by atoms with Gasteiger partial charge in [0.25, 0.3) is 0 Å². The zero-order chi connectivity index (χ0) is 15.1. The van der Waals surface area contributed by atoms with Gasteiger partial charge in [-0.15, -0.1) is 0 Å². The highest BCUT2D eigenvalue weighted by molar-refractivity contribution is 5.47. The van der Waals surface area contributed by atoms with Crippen molar-refractivity contribution in [3.63, 3.8) is 0 Å². The summed E-state index contributed by atoms with van der Waals surface area (Å²) in [6.45, 7) is 11.7. The summed E-state index contributed by atoms with van der Waals surface area (Å²) in [7, 11) is 0. The van der Waals surface area contributed by atoms with Crippen LogP contribution in [0.5, 0.6) is 0 Å². The molecule has 0 amide bonds. The van der Waals surface area contributed by atoms with Crippen LogP contribution in [0.3, 0.4) is 0 Å². The Morgan fingerprint density at radius 2 is 1.76 bits per heavy atom. The Morgan fingerprint density at radius 3 is 2.38 bits per heavy atom. The van der Waals surface area contributed by atoms with E-state index in [1.54, 1.807) is 0 Å². The second-order valence-corrected chi connectivity index (χ2v) is 6.01. The maximum atomic E-state index is 4.62. The Kier molecular flexibility index (Phi) is 6.23. The van der Waals surface area contributed by atoms with Crippen LogP contribution in [-0.2, 0) is 0 Å². The highest BCUT2D eigenvalue weighted by Crippen LogP contribution is 2.17. The lowest BCUT2D eigenvalue weighted by Crippen LogP contribution is -2.33. The molecule has 1 aliphatic heterocycles. The van der Waals surface area contributed by atoms with Gasteiger partial charge < -0.3 is 15.5 Å². The van der Waals surface area contributed by atoms with Crippen molar-refractivity contribution < 1.29 is 0 Å². The summed E-state index contributed by atoms with van der Waals surface area (Å²) in [5.41, 5.74) is 0. The van der Waals surface area contributed by atoms with Gasteiger partial charge in [0.1, 0.15) is 17.5 Å². The van der Waals surface area contributed by atoms with Crippen molar-refractivity contribution in [3.8, 4) is 0 Å². The van der Waals surface area contributed by atoms with E-state index in [1.165, 1.54) is 32.4 Å². The van der Waals surface area contributed by atoms with E-state index in [0.29, 0.717) is 5.92 Å². The van der Waals surface area contributed by atoms with Crippen LogP contribution in [-0.4, -0.2) is 47.6 Å².